The number of amides is 3. The van der Waals surface area contributed by atoms with E-state index in [4.69, 9.17) is 10.8 Å². The van der Waals surface area contributed by atoms with Crippen LogP contribution < -0.4 is 16.4 Å². The van der Waals surface area contributed by atoms with Crippen molar-refractivity contribution in [2.24, 2.45) is 11.7 Å². The van der Waals surface area contributed by atoms with E-state index in [1.54, 1.807) is 0 Å². The highest BCUT2D eigenvalue weighted by atomic mass is 16.4. The number of rotatable bonds is 6. The second kappa shape index (κ2) is 7.72. The van der Waals surface area contributed by atoms with Gasteiger partial charge in [0.15, 0.2) is 0 Å². The molecule has 1 aliphatic carbocycles. The first kappa shape index (κ1) is 16.3. The van der Waals surface area contributed by atoms with Crippen molar-refractivity contribution in [3.05, 3.63) is 0 Å². The van der Waals surface area contributed by atoms with Gasteiger partial charge in [-0.05, 0) is 25.2 Å². The van der Waals surface area contributed by atoms with Crippen LogP contribution in [0.5, 0.6) is 0 Å². The number of carbonyl (C=O) groups is 3. The number of hydrogen-bond donors (Lipinski definition) is 4. The van der Waals surface area contributed by atoms with Crippen LogP contribution in [0.25, 0.3) is 0 Å². The van der Waals surface area contributed by atoms with E-state index in [1.165, 1.54) is 0 Å². The first-order chi connectivity index (χ1) is 9.38. The molecule has 0 spiro atoms. The Morgan fingerprint density at radius 2 is 2.05 bits per heavy atom. The Morgan fingerprint density at radius 3 is 2.60 bits per heavy atom. The zero-order valence-corrected chi connectivity index (χ0v) is 11.7. The number of carboxylic acids is 1. The van der Waals surface area contributed by atoms with Crippen LogP contribution in [0.15, 0.2) is 0 Å². The van der Waals surface area contributed by atoms with E-state index in [1.807, 2.05) is 0 Å². The van der Waals surface area contributed by atoms with Crippen LogP contribution in [0, 0.1) is 5.92 Å². The van der Waals surface area contributed by atoms with Gasteiger partial charge < -0.3 is 21.5 Å². The standard InChI is InChI=1S/C13H23N3O4/c1-8-3-2-4-9(7-8)15-13(20)16-10(12(18)19)5-6-11(14)17/h8-10H,2-7H2,1H3,(H2,14,17)(H,18,19)(H2,15,16,20). The predicted molar refractivity (Wildman–Crippen MR) is 72.9 cm³/mol. The highest BCUT2D eigenvalue weighted by Crippen LogP contribution is 2.23. The number of urea groups is 1. The molecule has 3 amide bonds. The summed E-state index contributed by atoms with van der Waals surface area (Å²) in [5, 5.41) is 14.2. The van der Waals surface area contributed by atoms with Crippen molar-refractivity contribution < 1.29 is 19.5 Å². The monoisotopic (exact) mass is 285 g/mol. The van der Waals surface area contributed by atoms with Crippen molar-refractivity contribution in [1.29, 1.82) is 0 Å². The Labute approximate surface area is 118 Å². The van der Waals surface area contributed by atoms with E-state index >= 15 is 0 Å². The quantitative estimate of drug-likeness (QED) is 0.570. The number of carbonyl (C=O) groups excluding carboxylic acids is 2. The second-order valence-corrected chi connectivity index (χ2v) is 5.48. The van der Waals surface area contributed by atoms with Gasteiger partial charge in [0.05, 0.1) is 0 Å². The Balaban J connectivity index is 2.40. The van der Waals surface area contributed by atoms with Gasteiger partial charge in [-0.15, -0.1) is 0 Å². The number of nitrogens with one attached hydrogen (secondary N) is 2. The van der Waals surface area contributed by atoms with Crippen LogP contribution in [0.3, 0.4) is 0 Å². The third kappa shape index (κ3) is 5.90. The lowest BCUT2D eigenvalue weighted by atomic mass is 9.87. The highest BCUT2D eigenvalue weighted by molar-refractivity contribution is 5.83. The molecule has 0 radical (unpaired) electrons. The second-order valence-electron chi connectivity index (χ2n) is 5.48. The van der Waals surface area contributed by atoms with Crippen LogP contribution in [-0.4, -0.2) is 35.1 Å². The van der Waals surface area contributed by atoms with E-state index in [2.05, 4.69) is 17.6 Å². The molecular formula is C13H23N3O4. The summed E-state index contributed by atoms with van der Waals surface area (Å²) < 4.78 is 0. The van der Waals surface area contributed by atoms with Crippen LogP contribution >= 0.6 is 0 Å². The van der Waals surface area contributed by atoms with E-state index < -0.39 is 23.9 Å². The molecule has 1 saturated carbocycles. The van der Waals surface area contributed by atoms with Crippen LogP contribution in [0.1, 0.15) is 45.4 Å². The Bertz CT molecular complexity index is 373. The molecule has 0 heterocycles. The predicted octanol–water partition coefficient (Wildman–Crippen LogP) is 0.583. The smallest absolute Gasteiger partial charge is 0.326 e. The SMILES string of the molecule is CC1CCCC(NC(=O)NC(CCC(N)=O)C(=O)O)C1. The number of primary amides is 1. The van der Waals surface area contributed by atoms with E-state index in [0.29, 0.717) is 5.92 Å². The fourth-order valence-corrected chi connectivity index (χ4v) is 2.49. The molecule has 114 valence electrons. The summed E-state index contributed by atoms with van der Waals surface area (Å²) in [6, 6.07) is -1.51. The zero-order chi connectivity index (χ0) is 15.1. The molecule has 3 unspecified atom stereocenters. The molecule has 0 aromatic rings. The summed E-state index contributed by atoms with van der Waals surface area (Å²) in [5.41, 5.74) is 4.98. The molecule has 1 fully saturated rings. The first-order valence-corrected chi connectivity index (χ1v) is 6.96. The fourth-order valence-electron chi connectivity index (χ4n) is 2.49. The van der Waals surface area contributed by atoms with Gasteiger partial charge in [0.25, 0.3) is 0 Å². The molecule has 7 nitrogen and oxygen atoms in total. The van der Waals surface area contributed by atoms with E-state index in [9.17, 15) is 14.4 Å². The maximum absolute atomic E-state index is 11.8. The highest BCUT2D eigenvalue weighted by Gasteiger charge is 2.24. The van der Waals surface area contributed by atoms with Gasteiger partial charge in [0.1, 0.15) is 6.04 Å². The maximum atomic E-state index is 11.8. The molecule has 3 atom stereocenters. The lowest BCUT2D eigenvalue weighted by Gasteiger charge is -2.28. The number of nitrogens with two attached hydrogens (primary N) is 1. The molecule has 0 saturated heterocycles. The molecule has 5 N–H and O–H groups in total. The van der Waals surface area contributed by atoms with Crippen molar-refractivity contribution in [2.45, 2.75) is 57.5 Å². The zero-order valence-electron chi connectivity index (χ0n) is 11.7. The van der Waals surface area contributed by atoms with Gasteiger partial charge in [0, 0.05) is 12.5 Å². The van der Waals surface area contributed by atoms with Crippen molar-refractivity contribution in [3.8, 4) is 0 Å². The van der Waals surface area contributed by atoms with E-state index in [-0.39, 0.29) is 18.9 Å². The number of hydrogen-bond acceptors (Lipinski definition) is 3. The van der Waals surface area contributed by atoms with Crippen molar-refractivity contribution >= 4 is 17.9 Å². The van der Waals surface area contributed by atoms with E-state index in [0.717, 1.165) is 25.7 Å². The third-order valence-corrected chi connectivity index (χ3v) is 3.55. The lowest BCUT2D eigenvalue weighted by molar-refractivity contribution is -0.139. The molecule has 0 aromatic heterocycles. The average Bonchev–Trinajstić information content (AvgIpc) is 2.33. The summed E-state index contributed by atoms with van der Waals surface area (Å²) in [4.78, 5) is 33.4. The van der Waals surface area contributed by atoms with Gasteiger partial charge in [0.2, 0.25) is 5.91 Å². The minimum atomic E-state index is -1.17. The van der Waals surface area contributed by atoms with Crippen molar-refractivity contribution in [1.82, 2.24) is 10.6 Å². The molecular weight excluding hydrogens is 262 g/mol. The third-order valence-electron chi connectivity index (χ3n) is 3.55. The molecule has 1 aliphatic rings. The topological polar surface area (TPSA) is 122 Å². The summed E-state index contributed by atoms with van der Waals surface area (Å²) in [6.45, 7) is 2.14. The number of carboxylic acid groups (broad SMARTS) is 1. The molecule has 0 aromatic carbocycles. The van der Waals surface area contributed by atoms with Crippen LogP contribution in [-0.2, 0) is 9.59 Å². The fraction of sp³-hybridized carbons (Fsp3) is 0.769. The lowest BCUT2D eigenvalue weighted by Crippen LogP contribution is -2.50. The normalized spacial score (nSPS) is 23.6. The minimum Gasteiger partial charge on any atom is -0.480 e. The summed E-state index contributed by atoms with van der Waals surface area (Å²) in [5.74, 6) is -1.18. The Morgan fingerprint density at radius 1 is 1.35 bits per heavy atom. The first-order valence-electron chi connectivity index (χ1n) is 6.96. The largest absolute Gasteiger partial charge is 0.480 e. The summed E-state index contributed by atoms with van der Waals surface area (Å²) in [6.07, 6.45) is 3.98. The maximum Gasteiger partial charge on any atom is 0.326 e. The number of aliphatic carboxylic acids is 1. The van der Waals surface area contributed by atoms with Gasteiger partial charge in [-0.1, -0.05) is 19.8 Å². The van der Waals surface area contributed by atoms with Crippen molar-refractivity contribution in [2.75, 3.05) is 0 Å². The summed E-state index contributed by atoms with van der Waals surface area (Å²) >= 11 is 0. The molecule has 7 heteroatoms. The van der Waals surface area contributed by atoms with Gasteiger partial charge >= 0.3 is 12.0 Å². The molecule has 1 rings (SSSR count). The molecule has 0 aliphatic heterocycles. The van der Waals surface area contributed by atoms with Crippen LogP contribution in [0.4, 0.5) is 4.79 Å². The van der Waals surface area contributed by atoms with Gasteiger partial charge in [-0.2, -0.15) is 0 Å². The van der Waals surface area contributed by atoms with Crippen molar-refractivity contribution in [3.63, 3.8) is 0 Å². The summed E-state index contributed by atoms with van der Waals surface area (Å²) in [7, 11) is 0. The Hall–Kier alpha value is -1.79. The van der Waals surface area contributed by atoms with Crippen LogP contribution in [0.2, 0.25) is 0 Å². The van der Waals surface area contributed by atoms with Gasteiger partial charge in [-0.3, -0.25) is 4.79 Å². The molecule has 20 heavy (non-hydrogen) atoms. The Kier molecular flexibility index (Phi) is 6.27. The van der Waals surface area contributed by atoms with Gasteiger partial charge in [-0.25, -0.2) is 9.59 Å². The average molecular weight is 285 g/mol. The molecule has 0 bridgehead atoms. The minimum absolute atomic E-state index is 0.000837.